The first-order valence-corrected chi connectivity index (χ1v) is 7.65. The molecule has 0 aliphatic heterocycles. The number of aromatic nitrogens is 2. The van der Waals surface area contributed by atoms with E-state index in [9.17, 15) is 4.79 Å². The Hall–Kier alpha value is -1.59. The van der Waals surface area contributed by atoms with E-state index < -0.39 is 0 Å². The van der Waals surface area contributed by atoms with Gasteiger partial charge in [-0.2, -0.15) is 0 Å². The molecule has 2 aromatic heterocycles. The summed E-state index contributed by atoms with van der Waals surface area (Å²) in [6.07, 6.45) is 7.59. The van der Waals surface area contributed by atoms with Crippen LogP contribution in [0, 0.1) is 5.92 Å². The van der Waals surface area contributed by atoms with E-state index in [1.807, 2.05) is 28.9 Å². The van der Waals surface area contributed by atoms with Crippen molar-refractivity contribution in [3.63, 3.8) is 0 Å². The Balaban J connectivity index is 1.56. The van der Waals surface area contributed by atoms with Gasteiger partial charge in [0, 0.05) is 30.9 Å². The van der Waals surface area contributed by atoms with Crippen LogP contribution in [0.15, 0.2) is 24.5 Å². The Morgan fingerprint density at radius 1 is 1.33 bits per heavy atom. The average molecular weight is 307 g/mol. The van der Waals surface area contributed by atoms with Gasteiger partial charge in [0.2, 0.25) is 5.91 Å². The van der Waals surface area contributed by atoms with Crippen LogP contribution in [-0.2, 0) is 11.3 Å². The molecule has 3 rings (SSSR count). The largest absolute Gasteiger partial charge is 0.369 e. The van der Waals surface area contributed by atoms with E-state index >= 15 is 0 Å². The Morgan fingerprint density at radius 2 is 2.10 bits per heavy atom. The van der Waals surface area contributed by atoms with Gasteiger partial charge in [0.15, 0.2) is 0 Å². The van der Waals surface area contributed by atoms with Crippen LogP contribution in [-0.4, -0.2) is 21.3 Å². The number of nitrogens with two attached hydrogens (primary N) is 1. The first-order valence-electron chi connectivity index (χ1n) is 7.27. The van der Waals surface area contributed by atoms with Crippen molar-refractivity contribution in [2.24, 2.45) is 11.7 Å². The highest BCUT2D eigenvalue weighted by molar-refractivity contribution is 6.30. The number of rotatable bonds is 4. The summed E-state index contributed by atoms with van der Waals surface area (Å²) in [6, 6.07) is 4.19. The van der Waals surface area contributed by atoms with Crippen molar-refractivity contribution in [1.82, 2.24) is 14.7 Å². The summed E-state index contributed by atoms with van der Waals surface area (Å²) in [5, 5.41) is 4.21. The number of imidazole rings is 1. The third-order valence-corrected chi connectivity index (χ3v) is 4.39. The Morgan fingerprint density at radius 3 is 2.81 bits per heavy atom. The van der Waals surface area contributed by atoms with Crippen LogP contribution >= 0.6 is 11.6 Å². The topological polar surface area (TPSA) is 72.4 Å². The molecule has 2 heterocycles. The Bertz CT molecular complexity index is 646. The molecule has 1 fully saturated rings. The summed E-state index contributed by atoms with van der Waals surface area (Å²) in [5.74, 6) is -0.105. The number of pyridine rings is 1. The normalized spacial score (nSPS) is 22.5. The third-order valence-electron chi connectivity index (χ3n) is 4.17. The van der Waals surface area contributed by atoms with Crippen molar-refractivity contribution in [2.75, 3.05) is 0 Å². The summed E-state index contributed by atoms with van der Waals surface area (Å²) in [5.41, 5.74) is 7.24. The molecule has 1 aliphatic rings. The van der Waals surface area contributed by atoms with Crippen LogP contribution in [0.3, 0.4) is 0 Å². The Labute approximate surface area is 128 Å². The summed E-state index contributed by atoms with van der Waals surface area (Å²) in [4.78, 5) is 15.7. The summed E-state index contributed by atoms with van der Waals surface area (Å²) < 4.78 is 1.93. The molecular weight excluding hydrogens is 288 g/mol. The molecule has 112 valence electrons. The quantitative estimate of drug-likeness (QED) is 0.909. The second-order valence-electron chi connectivity index (χ2n) is 5.68. The lowest BCUT2D eigenvalue weighted by Crippen LogP contribution is -2.36. The minimum absolute atomic E-state index is 0.0559. The van der Waals surface area contributed by atoms with Gasteiger partial charge in [0.25, 0.3) is 0 Å². The molecule has 0 radical (unpaired) electrons. The van der Waals surface area contributed by atoms with E-state index in [0.717, 1.165) is 43.6 Å². The van der Waals surface area contributed by atoms with Gasteiger partial charge in [-0.15, -0.1) is 0 Å². The lowest BCUT2D eigenvalue weighted by atomic mass is 9.85. The molecule has 1 aliphatic carbocycles. The van der Waals surface area contributed by atoms with E-state index in [1.165, 1.54) is 0 Å². The van der Waals surface area contributed by atoms with E-state index in [-0.39, 0.29) is 11.8 Å². The summed E-state index contributed by atoms with van der Waals surface area (Å²) >= 11 is 5.96. The highest BCUT2D eigenvalue weighted by atomic mass is 35.5. The lowest BCUT2D eigenvalue weighted by Gasteiger charge is -2.27. The van der Waals surface area contributed by atoms with Gasteiger partial charge in [-0.25, -0.2) is 4.98 Å². The van der Waals surface area contributed by atoms with Gasteiger partial charge in [-0.3, -0.25) is 4.79 Å². The Kier molecular flexibility index (Phi) is 4.12. The molecule has 0 atom stereocenters. The predicted octanol–water partition coefficient (Wildman–Crippen LogP) is 2.12. The third kappa shape index (κ3) is 3.36. The average Bonchev–Trinajstić information content (AvgIpc) is 2.87. The molecule has 21 heavy (non-hydrogen) atoms. The number of amides is 1. The highest BCUT2D eigenvalue weighted by Crippen LogP contribution is 2.24. The fourth-order valence-corrected chi connectivity index (χ4v) is 3.10. The molecule has 0 unspecified atom stereocenters. The molecule has 2 aromatic rings. The second-order valence-corrected chi connectivity index (χ2v) is 6.11. The van der Waals surface area contributed by atoms with Crippen LogP contribution in [0.1, 0.15) is 31.4 Å². The fourth-order valence-electron chi connectivity index (χ4n) is 2.93. The van der Waals surface area contributed by atoms with Crippen molar-refractivity contribution in [3.05, 3.63) is 35.2 Å². The van der Waals surface area contributed by atoms with E-state index in [0.29, 0.717) is 11.1 Å². The molecule has 1 amide bonds. The number of carbonyl (C=O) groups is 1. The SMILES string of the molecule is NC(=O)C1CCC(NCc2cn3cc(Cl)ccc3n2)CC1. The standard InChI is InChI=1S/C15H19ClN4O/c16-11-3-6-14-19-13(9-20(14)8-11)7-18-12-4-1-10(2-5-12)15(17)21/h3,6,8-10,12,18H,1-2,4-5,7H2,(H2,17,21). The van der Waals surface area contributed by atoms with Crippen LogP contribution in [0.2, 0.25) is 5.02 Å². The zero-order valence-electron chi connectivity index (χ0n) is 11.8. The van der Waals surface area contributed by atoms with E-state index in [1.54, 1.807) is 0 Å². The molecule has 0 bridgehead atoms. The number of hydrogen-bond donors (Lipinski definition) is 2. The number of nitrogens with one attached hydrogen (secondary N) is 1. The number of halogens is 1. The number of hydrogen-bond acceptors (Lipinski definition) is 3. The minimum atomic E-state index is -0.161. The van der Waals surface area contributed by atoms with Crippen LogP contribution in [0.4, 0.5) is 0 Å². The smallest absolute Gasteiger partial charge is 0.220 e. The van der Waals surface area contributed by atoms with Gasteiger partial charge in [-0.1, -0.05) is 11.6 Å². The van der Waals surface area contributed by atoms with Crippen LogP contribution in [0.25, 0.3) is 5.65 Å². The second kappa shape index (κ2) is 6.03. The first kappa shape index (κ1) is 14.4. The molecule has 1 saturated carbocycles. The maximum absolute atomic E-state index is 11.1. The van der Waals surface area contributed by atoms with Crippen molar-refractivity contribution >= 4 is 23.2 Å². The number of fused-ring (bicyclic) bond motifs is 1. The van der Waals surface area contributed by atoms with Gasteiger partial charge < -0.3 is 15.5 Å². The zero-order valence-corrected chi connectivity index (χ0v) is 12.5. The zero-order chi connectivity index (χ0) is 14.8. The van der Waals surface area contributed by atoms with Gasteiger partial charge in [0.05, 0.1) is 10.7 Å². The predicted molar refractivity (Wildman–Crippen MR) is 82.0 cm³/mol. The summed E-state index contributed by atoms with van der Waals surface area (Å²) in [6.45, 7) is 0.727. The molecular formula is C15H19ClN4O. The van der Waals surface area contributed by atoms with Crippen LogP contribution < -0.4 is 11.1 Å². The molecule has 0 saturated heterocycles. The van der Waals surface area contributed by atoms with Crippen molar-refractivity contribution in [2.45, 2.75) is 38.3 Å². The monoisotopic (exact) mass is 306 g/mol. The van der Waals surface area contributed by atoms with Gasteiger partial charge in [0.1, 0.15) is 5.65 Å². The van der Waals surface area contributed by atoms with Gasteiger partial charge >= 0.3 is 0 Å². The van der Waals surface area contributed by atoms with Crippen molar-refractivity contribution in [1.29, 1.82) is 0 Å². The number of primary amides is 1. The first-order chi connectivity index (χ1) is 10.1. The number of carbonyl (C=O) groups excluding carboxylic acids is 1. The molecule has 5 nitrogen and oxygen atoms in total. The van der Waals surface area contributed by atoms with E-state index in [2.05, 4.69) is 10.3 Å². The highest BCUT2D eigenvalue weighted by Gasteiger charge is 2.24. The molecule has 3 N–H and O–H groups in total. The maximum atomic E-state index is 11.1. The minimum Gasteiger partial charge on any atom is -0.369 e. The van der Waals surface area contributed by atoms with Crippen molar-refractivity contribution in [3.8, 4) is 0 Å². The molecule has 0 spiro atoms. The maximum Gasteiger partial charge on any atom is 0.220 e. The summed E-state index contributed by atoms with van der Waals surface area (Å²) in [7, 11) is 0. The lowest BCUT2D eigenvalue weighted by molar-refractivity contribution is -0.122. The van der Waals surface area contributed by atoms with Crippen molar-refractivity contribution < 1.29 is 4.79 Å². The van der Waals surface area contributed by atoms with Crippen LogP contribution in [0.5, 0.6) is 0 Å². The molecule has 6 heteroatoms. The number of nitrogens with zero attached hydrogens (tertiary/aromatic N) is 2. The van der Waals surface area contributed by atoms with E-state index in [4.69, 9.17) is 17.3 Å². The van der Waals surface area contributed by atoms with Gasteiger partial charge in [-0.05, 0) is 37.8 Å². The molecule has 0 aromatic carbocycles. The fraction of sp³-hybridized carbons (Fsp3) is 0.467.